The predicted molar refractivity (Wildman–Crippen MR) is 74.6 cm³/mol. The maximum Gasteiger partial charge on any atom is 0.329 e. The number of aryl methyl sites for hydroxylation is 2. The maximum atomic E-state index is 11.6. The minimum absolute atomic E-state index is 0.0448. The highest BCUT2D eigenvalue weighted by Gasteiger charge is 2.48. The molecule has 1 fully saturated rings. The Kier molecular flexibility index (Phi) is 3.41. The highest BCUT2D eigenvalue weighted by molar-refractivity contribution is 6.00. The molecule has 6 heteroatoms. The number of hydrogen-bond acceptors (Lipinski definition) is 4. The van der Waals surface area contributed by atoms with E-state index in [4.69, 9.17) is 5.73 Å². The van der Waals surface area contributed by atoms with Crippen molar-refractivity contribution in [3.8, 4) is 0 Å². The molecule has 1 aromatic rings. The van der Waals surface area contributed by atoms with Crippen molar-refractivity contribution in [2.24, 2.45) is 11.7 Å². The van der Waals surface area contributed by atoms with Crippen molar-refractivity contribution >= 4 is 17.7 Å². The summed E-state index contributed by atoms with van der Waals surface area (Å²) >= 11 is 0. The number of anilines is 1. The highest BCUT2D eigenvalue weighted by atomic mass is 16.4. The minimum Gasteiger partial charge on any atom is -0.480 e. The van der Waals surface area contributed by atoms with Crippen molar-refractivity contribution in [3.63, 3.8) is 0 Å². The number of carboxylic acid groups (broad SMARTS) is 1. The van der Waals surface area contributed by atoms with E-state index in [9.17, 15) is 14.7 Å². The summed E-state index contributed by atoms with van der Waals surface area (Å²) in [4.78, 5) is 27.4. The summed E-state index contributed by atoms with van der Waals surface area (Å²) in [5.74, 6) is -1.26. The molecule has 1 heterocycles. The summed E-state index contributed by atoms with van der Waals surface area (Å²) in [6, 6.07) is 1.75. The van der Waals surface area contributed by atoms with Gasteiger partial charge in [0.05, 0.1) is 5.56 Å². The van der Waals surface area contributed by atoms with E-state index in [1.165, 1.54) is 0 Å². The van der Waals surface area contributed by atoms with Gasteiger partial charge < -0.3 is 16.2 Å². The molecule has 0 aromatic carbocycles. The van der Waals surface area contributed by atoms with E-state index < -0.39 is 17.4 Å². The standard InChI is InChI=1S/C14H19N3O3/c1-7-6-8(2)16-12(10(7)11(15)18)17-14(3,13(19)20)9-4-5-9/h6,9H,4-5H2,1-3H3,(H2,15,18)(H,16,17)(H,19,20). The molecule has 2 rings (SSSR count). The summed E-state index contributed by atoms with van der Waals surface area (Å²) in [5, 5.41) is 12.4. The molecule has 6 nitrogen and oxygen atoms in total. The van der Waals surface area contributed by atoms with Crippen LogP contribution in [0.2, 0.25) is 0 Å². The van der Waals surface area contributed by atoms with E-state index in [2.05, 4.69) is 10.3 Å². The van der Waals surface area contributed by atoms with Gasteiger partial charge in [0.1, 0.15) is 11.4 Å². The normalized spacial score (nSPS) is 17.4. The van der Waals surface area contributed by atoms with Crippen LogP contribution >= 0.6 is 0 Å². The van der Waals surface area contributed by atoms with Gasteiger partial charge in [0.2, 0.25) is 0 Å². The van der Waals surface area contributed by atoms with Gasteiger partial charge in [0, 0.05) is 5.69 Å². The van der Waals surface area contributed by atoms with Crippen LogP contribution in [0.15, 0.2) is 6.07 Å². The van der Waals surface area contributed by atoms with Crippen LogP contribution in [0.3, 0.4) is 0 Å². The number of nitrogens with two attached hydrogens (primary N) is 1. The number of pyridine rings is 1. The summed E-state index contributed by atoms with van der Waals surface area (Å²) in [5.41, 5.74) is 5.91. The molecule has 1 unspecified atom stereocenters. The molecule has 1 aromatic heterocycles. The quantitative estimate of drug-likeness (QED) is 0.755. The van der Waals surface area contributed by atoms with Crippen molar-refractivity contribution in [2.45, 2.75) is 39.2 Å². The molecular weight excluding hydrogens is 258 g/mol. The van der Waals surface area contributed by atoms with E-state index in [0.717, 1.165) is 12.8 Å². The maximum absolute atomic E-state index is 11.6. The van der Waals surface area contributed by atoms with Crippen molar-refractivity contribution < 1.29 is 14.7 Å². The first-order valence-corrected chi connectivity index (χ1v) is 6.55. The lowest BCUT2D eigenvalue weighted by Gasteiger charge is -2.28. The number of amides is 1. The highest BCUT2D eigenvalue weighted by Crippen LogP contribution is 2.42. The number of carboxylic acids is 1. The molecule has 1 amide bonds. The Bertz CT molecular complexity index is 581. The molecule has 1 aliphatic rings. The van der Waals surface area contributed by atoms with Crippen LogP contribution in [0.4, 0.5) is 5.82 Å². The van der Waals surface area contributed by atoms with E-state index in [0.29, 0.717) is 11.3 Å². The molecule has 20 heavy (non-hydrogen) atoms. The number of hydrogen-bond donors (Lipinski definition) is 3. The van der Waals surface area contributed by atoms with Gasteiger partial charge >= 0.3 is 5.97 Å². The van der Waals surface area contributed by atoms with Crippen molar-refractivity contribution in [1.29, 1.82) is 0 Å². The second kappa shape index (κ2) is 4.77. The Morgan fingerprint density at radius 3 is 2.50 bits per heavy atom. The molecule has 4 N–H and O–H groups in total. The summed E-state index contributed by atoms with van der Waals surface area (Å²) < 4.78 is 0. The first-order valence-electron chi connectivity index (χ1n) is 6.55. The third kappa shape index (κ3) is 2.45. The van der Waals surface area contributed by atoms with Gasteiger partial charge in [-0.25, -0.2) is 9.78 Å². The number of aromatic nitrogens is 1. The molecule has 0 radical (unpaired) electrons. The number of nitrogens with zero attached hydrogens (tertiary/aromatic N) is 1. The van der Waals surface area contributed by atoms with Gasteiger partial charge in [-0.2, -0.15) is 0 Å². The van der Waals surface area contributed by atoms with Crippen LogP contribution in [0, 0.1) is 19.8 Å². The van der Waals surface area contributed by atoms with Gasteiger partial charge in [-0.1, -0.05) is 0 Å². The Balaban J connectivity index is 2.47. The van der Waals surface area contributed by atoms with E-state index in [1.54, 1.807) is 26.8 Å². The van der Waals surface area contributed by atoms with Crippen LogP contribution in [-0.2, 0) is 4.79 Å². The Labute approximate surface area is 117 Å². The van der Waals surface area contributed by atoms with Crippen molar-refractivity contribution in [1.82, 2.24) is 4.98 Å². The average Bonchev–Trinajstić information content (AvgIpc) is 3.10. The number of carbonyl (C=O) groups excluding carboxylic acids is 1. The fourth-order valence-corrected chi connectivity index (χ4v) is 2.48. The Morgan fingerprint density at radius 2 is 2.05 bits per heavy atom. The van der Waals surface area contributed by atoms with E-state index >= 15 is 0 Å². The third-order valence-corrected chi connectivity index (χ3v) is 3.81. The molecular formula is C14H19N3O3. The van der Waals surface area contributed by atoms with Crippen LogP contribution in [0.1, 0.15) is 41.4 Å². The van der Waals surface area contributed by atoms with Gasteiger partial charge in [-0.3, -0.25) is 4.79 Å². The average molecular weight is 277 g/mol. The molecule has 1 aliphatic carbocycles. The lowest BCUT2D eigenvalue weighted by molar-refractivity contribution is -0.142. The number of carbonyl (C=O) groups is 2. The zero-order valence-electron chi connectivity index (χ0n) is 11.9. The predicted octanol–water partition coefficient (Wildman–Crippen LogP) is 1.46. The molecule has 0 aliphatic heterocycles. The van der Waals surface area contributed by atoms with Crippen LogP contribution < -0.4 is 11.1 Å². The lowest BCUT2D eigenvalue weighted by atomic mass is 9.95. The van der Waals surface area contributed by atoms with Crippen LogP contribution in [0.25, 0.3) is 0 Å². The monoisotopic (exact) mass is 277 g/mol. The zero-order chi connectivity index (χ0) is 15.1. The summed E-state index contributed by atoms with van der Waals surface area (Å²) in [7, 11) is 0. The molecule has 108 valence electrons. The molecule has 1 saturated carbocycles. The molecule has 1 atom stereocenters. The molecule has 0 spiro atoms. The largest absolute Gasteiger partial charge is 0.480 e. The van der Waals surface area contributed by atoms with E-state index in [1.807, 2.05) is 0 Å². The zero-order valence-corrected chi connectivity index (χ0v) is 11.9. The van der Waals surface area contributed by atoms with Crippen molar-refractivity contribution in [2.75, 3.05) is 5.32 Å². The topological polar surface area (TPSA) is 105 Å². The van der Waals surface area contributed by atoms with Gasteiger partial charge in [0.15, 0.2) is 0 Å². The first kappa shape index (κ1) is 14.3. The SMILES string of the molecule is Cc1cc(C)c(C(N)=O)c(NC(C)(C(=O)O)C2CC2)n1. The smallest absolute Gasteiger partial charge is 0.329 e. The fourth-order valence-electron chi connectivity index (χ4n) is 2.48. The van der Waals surface area contributed by atoms with Crippen molar-refractivity contribution in [3.05, 3.63) is 22.9 Å². The second-order valence-corrected chi connectivity index (χ2v) is 5.58. The fraction of sp³-hybridized carbons (Fsp3) is 0.500. The van der Waals surface area contributed by atoms with Gasteiger partial charge in [-0.05, 0) is 51.2 Å². The number of rotatable bonds is 5. The summed E-state index contributed by atoms with van der Waals surface area (Å²) in [6.07, 6.45) is 1.71. The van der Waals surface area contributed by atoms with E-state index in [-0.39, 0.29) is 17.3 Å². The van der Waals surface area contributed by atoms with Crippen LogP contribution in [0.5, 0.6) is 0 Å². The molecule has 0 bridgehead atoms. The van der Waals surface area contributed by atoms with Crippen LogP contribution in [-0.4, -0.2) is 27.5 Å². The lowest BCUT2D eigenvalue weighted by Crippen LogP contribution is -2.46. The Morgan fingerprint density at radius 1 is 1.45 bits per heavy atom. The third-order valence-electron chi connectivity index (χ3n) is 3.81. The number of nitrogens with one attached hydrogen (secondary N) is 1. The Hall–Kier alpha value is -2.11. The van der Waals surface area contributed by atoms with Gasteiger partial charge in [0.25, 0.3) is 5.91 Å². The number of aliphatic carboxylic acids is 1. The minimum atomic E-state index is -1.13. The summed E-state index contributed by atoms with van der Waals surface area (Å²) in [6.45, 7) is 5.17. The number of primary amides is 1. The van der Waals surface area contributed by atoms with Gasteiger partial charge in [-0.15, -0.1) is 0 Å². The molecule has 0 saturated heterocycles. The first-order chi connectivity index (χ1) is 9.25. The second-order valence-electron chi connectivity index (χ2n) is 5.58.